The van der Waals surface area contributed by atoms with Gasteiger partial charge in [0.1, 0.15) is 6.07 Å². The Balaban J connectivity index is 2.06. The number of rotatable bonds is 2. The molecule has 1 aliphatic rings. The Labute approximate surface area is 55.0 Å². The van der Waals surface area contributed by atoms with Crippen molar-refractivity contribution < 1.29 is 4.74 Å². The second-order valence-electron chi connectivity index (χ2n) is 1.98. The Morgan fingerprint density at radius 1 is 1.75 bits per heavy atom. The first-order chi connectivity index (χ1) is 3.93. The van der Waals surface area contributed by atoms with Crippen LogP contribution in [0.25, 0.3) is 0 Å². The second kappa shape index (κ2) is 3.31. The van der Waals surface area contributed by atoms with Crippen molar-refractivity contribution in [3.8, 4) is 0 Å². The molecule has 1 aliphatic carbocycles. The summed E-state index contributed by atoms with van der Waals surface area (Å²) in [6.07, 6.45) is 6.16. The van der Waals surface area contributed by atoms with Crippen molar-refractivity contribution in [3.05, 3.63) is 6.42 Å². The van der Waals surface area contributed by atoms with Crippen LogP contribution < -0.4 is 0 Å². The van der Waals surface area contributed by atoms with Gasteiger partial charge in [0.15, 0.2) is 0 Å². The Bertz CT molecular complexity index is 59.5. The Morgan fingerprint density at radius 2 is 2.62 bits per heavy atom. The standard InChI is InChI=1S/C6H10ClO/c7-5-8-6-3-1-2-4-6/h3,6H,1-2,4-5H2. The molecule has 1 unspecified atom stereocenters. The van der Waals surface area contributed by atoms with E-state index in [2.05, 4.69) is 6.42 Å². The molecule has 0 N–H and O–H groups in total. The summed E-state index contributed by atoms with van der Waals surface area (Å²) in [6.45, 7) is 0. The second-order valence-corrected chi connectivity index (χ2v) is 2.20. The van der Waals surface area contributed by atoms with Crippen LogP contribution in [0.3, 0.4) is 0 Å². The monoisotopic (exact) mass is 133 g/mol. The Morgan fingerprint density at radius 3 is 3.12 bits per heavy atom. The summed E-state index contributed by atoms with van der Waals surface area (Å²) in [4.78, 5) is 0. The summed E-state index contributed by atoms with van der Waals surface area (Å²) in [7, 11) is 0. The SMILES string of the molecule is ClCOC1[CH]CCC1. The molecule has 0 heterocycles. The minimum absolute atomic E-state index is 0.334. The number of hydrogen-bond donors (Lipinski definition) is 0. The van der Waals surface area contributed by atoms with E-state index in [0.717, 1.165) is 6.42 Å². The van der Waals surface area contributed by atoms with Crippen molar-refractivity contribution in [2.75, 3.05) is 6.07 Å². The van der Waals surface area contributed by atoms with Crippen molar-refractivity contribution in [1.82, 2.24) is 0 Å². The van der Waals surface area contributed by atoms with E-state index in [-0.39, 0.29) is 0 Å². The van der Waals surface area contributed by atoms with Crippen LogP contribution in [-0.4, -0.2) is 12.2 Å². The van der Waals surface area contributed by atoms with Gasteiger partial charge in [0.05, 0.1) is 6.10 Å². The predicted octanol–water partition coefficient (Wildman–Crippen LogP) is 1.96. The maximum absolute atomic E-state index is 5.34. The van der Waals surface area contributed by atoms with Crippen LogP contribution in [-0.2, 0) is 4.74 Å². The third kappa shape index (κ3) is 1.64. The van der Waals surface area contributed by atoms with Gasteiger partial charge in [-0.15, -0.1) is 0 Å². The number of hydrogen-bond acceptors (Lipinski definition) is 1. The lowest BCUT2D eigenvalue weighted by atomic mass is 10.3. The van der Waals surface area contributed by atoms with Crippen molar-refractivity contribution in [2.24, 2.45) is 0 Å². The molecule has 2 heteroatoms. The lowest BCUT2D eigenvalue weighted by Crippen LogP contribution is -2.05. The van der Waals surface area contributed by atoms with Crippen molar-refractivity contribution in [1.29, 1.82) is 0 Å². The fourth-order valence-electron chi connectivity index (χ4n) is 0.973. The van der Waals surface area contributed by atoms with Crippen LogP contribution in [0.2, 0.25) is 0 Å². The molecule has 1 nitrogen and oxygen atoms in total. The zero-order chi connectivity index (χ0) is 5.82. The first-order valence-electron chi connectivity index (χ1n) is 2.94. The zero-order valence-electron chi connectivity index (χ0n) is 4.77. The third-order valence-corrected chi connectivity index (χ3v) is 1.53. The number of ether oxygens (including phenoxy) is 1. The number of alkyl halides is 1. The topological polar surface area (TPSA) is 9.23 Å². The Kier molecular flexibility index (Phi) is 2.64. The quantitative estimate of drug-likeness (QED) is 0.524. The van der Waals surface area contributed by atoms with Gasteiger partial charge in [-0.25, -0.2) is 0 Å². The normalized spacial score (nSPS) is 22.1. The van der Waals surface area contributed by atoms with Gasteiger partial charge in [-0.05, 0) is 19.3 Å². The summed E-state index contributed by atoms with van der Waals surface area (Å²) < 4.78 is 5.11. The summed E-state index contributed by atoms with van der Waals surface area (Å²) in [5.41, 5.74) is 0. The highest BCUT2D eigenvalue weighted by Crippen LogP contribution is 2.19. The third-order valence-electron chi connectivity index (χ3n) is 1.40. The summed E-state index contributed by atoms with van der Waals surface area (Å²) in [6, 6.07) is 0.334. The maximum atomic E-state index is 5.34. The largest absolute Gasteiger partial charge is 0.362 e. The molecule has 1 saturated carbocycles. The van der Waals surface area contributed by atoms with Crippen LogP contribution in [0.4, 0.5) is 0 Å². The van der Waals surface area contributed by atoms with E-state index < -0.39 is 0 Å². The van der Waals surface area contributed by atoms with Crippen LogP contribution in [0.5, 0.6) is 0 Å². The van der Waals surface area contributed by atoms with E-state index in [1.54, 1.807) is 0 Å². The van der Waals surface area contributed by atoms with E-state index in [1.165, 1.54) is 12.8 Å². The molecule has 0 amide bonds. The Hall–Kier alpha value is 0.250. The molecule has 0 spiro atoms. The van der Waals surface area contributed by atoms with Crippen LogP contribution in [0, 0.1) is 6.42 Å². The molecular formula is C6H10ClO. The lowest BCUT2D eigenvalue weighted by molar-refractivity contribution is 0.117. The first kappa shape index (κ1) is 6.37. The first-order valence-corrected chi connectivity index (χ1v) is 3.48. The highest BCUT2D eigenvalue weighted by atomic mass is 35.5. The minimum atomic E-state index is 0.334. The van der Waals surface area contributed by atoms with Crippen molar-refractivity contribution in [2.45, 2.75) is 25.4 Å². The molecule has 47 valence electrons. The van der Waals surface area contributed by atoms with Gasteiger partial charge in [0, 0.05) is 0 Å². The van der Waals surface area contributed by atoms with E-state index in [0.29, 0.717) is 12.2 Å². The molecule has 0 aromatic rings. The molecule has 0 bridgehead atoms. The van der Waals surface area contributed by atoms with Crippen molar-refractivity contribution in [3.63, 3.8) is 0 Å². The summed E-state index contributed by atoms with van der Waals surface area (Å²) >= 11 is 5.34. The average molecular weight is 134 g/mol. The van der Waals surface area contributed by atoms with Gasteiger partial charge in [0.25, 0.3) is 0 Å². The molecule has 1 rings (SSSR count). The van der Waals surface area contributed by atoms with E-state index in [4.69, 9.17) is 16.3 Å². The van der Waals surface area contributed by atoms with Crippen LogP contribution >= 0.6 is 11.6 Å². The van der Waals surface area contributed by atoms with Gasteiger partial charge in [-0.3, -0.25) is 0 Å². The maximum Gasteiger partial charge on any atom is 0.121 e. The number of halogens is 1. The summed E-state index contributed by atoms with van der Waals surface area (Å²) in [5.74, 6) is 0. The molecule has 0 aromatic carbocycles. The highest BCUT2D eigenvalue weighted by Gasteiger charge is 2.14. The zero-order valence-corrected chi connectivity index (χ0v) is 5.53. The van der Waals surface area contributed by atoms with Gasteiger partial charge < -0.3 is 4.74 Å². The van der Waals surface area contributed by atoms with Crippen LogP contribution in [0.15, 0.2) is 0 Å². The summed E-state index contributed by atoms with van der Waals surface area (Å²) in [5, 5.41) is 0. The smallest absolute Gasteiger partial charge is 0.121 e. The van der Waals surface area contributed by atoms with Gasteiger partial charge in [-0.1, -0.05) is 18.0 Å². The fraction of sp³-hybridized carbons (Fsp3) is 0.833. The highest BCUT2D eigenvalue weighted by molar-refractivity contribution is 6.17. The molecule has 1 atom stereocenters. The lowest BCUT2D eigenvalue weighted by Gasteiger charge is -2.04. The van der Waals surface area contributed by atoms with E-state index in [9.17, 15) is 0 Å². The molecule has 1 fully saturated rings. The van der Waals surface area contributed by atoms with Crippen molar-refractivity contribution >= 4 is 11.6 Å². The molecule has 0 aromatic heterocycles. The fourth-order valence-corrected chi connectivity index (χ4v) is 1.13. The van der Waals surface area contributed by atoms with Gasteiger partial charge in [-0.2, -0.15) is 0 Å². The minimum Gasteiger partial charge on any atom is -0.362 e. The predicted molar refractivity (Wildman–Crippen MR) is 33.7 cm³/mol. The molecule has 8 heavy (non-hydrogen) atoms. The van der Waals surface area contributed by atoms with Gasteiger partial charge >= 0.3 is 0 Å². The van der Waals surface area contributed by atoms with E-state index in [1.807, 2.05) is 0 Å². The van der Waals surface area contributed by atoms with Gasteiger partial charge in [0.2, 0.25) is 0 Å². The van der Waals surface area contributed by atoms with Crippen LogP contribution in [0.1, 0.15) is 19.3 Å². The average Bonchev–Trinajstić information content (AvgIpc) is 2.19. The molecule has 1 radical (unpaired) electrons. The molecule has 0 saturated heterocycles. The molecular weight excluding hydrogens is 124 g/mol. The van der Waals surface area contributed by atoms with E-state index >= 15 is 0 Å². The molecule has 0 aliphatic heterocycles.